The Balaban J connectivity index is 1.90. The molecule has 226 valence electrons. The van der Waals surface area contributed by atoms with Gasteiger partial charge in [0.25, 0.3) is 0 Å². The predicted octanol–water partition coefficient (Wildman–Crippen LogP) is 4.41. The van der Waals surface area contributed by atoms with Gasteiger partial charge >= 0.3 is 0 Å². The maximum atomic E-state index is 13.9. The smallest absolute Gasteiger partial charge is 0.243 e. The summed E-state index contributed by atoms with van der Waals surface area (Å²) in [7, 11) is -0.536. The number of carbonyl (C=O) groups excluding carboxylic acids is 2. The van der Waals surface area contributed by atoms with Crippen LogP contribution in [0.25, 0.3) is 0 Å². The van der Waals surface area contributed by atoms with Gasteiger partial charge in [0, 0.05) is 38.0 Å². The van der Waals surface area contributed by atoms with Crippen LogP contribution in [0.2, 0.25) is 0 Å². The van der Waals surface area contributed by atoms with Gasteiger partial charge in [0.1, 0.15) is 17.5 Å². The molecule has 42 heavy (non-hydrogen) atoms. The molecule has 9 nitrogen and oxygen atoms in total. The third-order valence-corrected chi connectivity index (χ3v) is 7.88. The summed E-state index contributed by atoms with van der Waals surface area (Å²) >= 11 is 0. The standard InChI is InChI=1S/C32H41N3O6S/c1-24(2)33-32(37)30(21-25-12-7-6-8-13-25)34(23-26-14-9-16-28(20-26)40-3)31(36)18-11-19-35(42(5,38)39)27-15-10-17-29(22-27)41-4/h6-10,12-17,20,22,24,30H,11,18-19,21,23H2,1-5H3,(H,33,37). The van der Waals surface area contributed by atoms with Gasteiger partial charge in [-0.25, -0.2) is 8.42 Å². The van der Waals surface area contributed by atoms with Crippen molar-refractivity contribution in [3.8, 4) is 11.5 Å². The lowest BCUT2D eigenvalue weighted by Crippen LogP contribution is -2.51. The van der Waals surface area contributed by atoms with Gasteiger partial charge in [0.15, 0.2) is 0 Å². The van der Waals surface area contributed by atoms with E-state index in [4.69, 9.17) is 9.47 Å². The molecule has 0 saturated carbocycles. The highest BCUT2D eigenvalue weighted by Gasteiger charge is 2.31. The molecule has 0 fully saturated rings. The van der Waals surface area contributed by atoms with Crippen molar-refractivity contribution in [1.29, 1.82) is 0 Å². The third kappa shape index (κ3) is 9.51. The van der Waals surface area contributed by atoms with E-state index in [-0.39, 0.29) is 43.8 Å². The van der Waals surface area contributed by atoms with E-state index in [9.17, 15) is 18.0 Å². The summed E-state index contributed by atoms with van der Waals surface area (Å²) in [5.74, 6) is 0.672. The Morgan fingerprint density at radius 1 is 0.857 bits per heavy atom. The Bertz CT molecular complexity index is 1430. The van der Waals surface area contributed by atoms with Gasteiger partial charge in [-0.05, 0) is 55.7 Å². The first-order valence-electron chi connectivity index (χ1n) is 13.9. The Kier molecular flexibility index (Phi) is 11.8. The van der Waals surface area contributed by atoms with Gasteiger partial charge < -0.3 is 19.7 Å². The van der Waals surface area contributed by atoms with Crippen molar-refractivity contribution in [3.63, 3.8) is 0 Å². The number of hydrogen-bond acceptors (Lipinski definition) is 6. The van der Waals surface area contributed by atoms with Gasteiger partial charge in [-0.15, -0.1) is 0 Å². The lowest BCUT2D eigenvalue weighted by Gasteiger charge is -2.32. The van der Waals surface area contributed by atoms with Crippen molar-refractivity contribution < 1.29 is 27.5 Å². The molecule has 0 aliphatic heterocycles. The number of hydrogen-bond donors (Lipinski definition) is 1. The van der Waals surface area contributed by atoms with Gasteiger partial charge in [-0.2, -0.15) is 0 Å². The Labute approximate surface area is 249 Å². The fraction of sp³-hybridized carbons (Fsp3) is 0.375. The van der Waals surface area contributed by atoms with Crippen LogP contribution in [0, 0.1) is 0 Å². The molecule has 1 unspecified atom stereocenters. The van der Waals surface area contributed by atoms with Crippen LogP contribution in [-0.2, 0) is 32.6 Å². The predicted molar refractivity (Wildman–Crippen MR) is 165 cm³/mol. The van der Waals surface area contributed by atoms with Crippen LogP contribution in [0.15, 0.2) is 78.9 Å². The molecule has 0 bridgehead atoms. The van der Waals surface area contributed by atoms with Crippen molar-refractivity contribution >= 4 is 27.5 Å². The zero-order valence-corrected chi connectivity index (χ0v) is 25.8. The second-order valence-corrected chi connectivity index (χ2v) is 12.3. The third-order valence-electron chi connectivity index (χ3n) is 6.68. The highest BCUT2D eigenvalue weighted by molar-refractivity contribution is 7.92. The van der Waals surface area contributed by atoms with Crippen molar-refractivity contribution in [3.05, 3.63) is 90.0 Å². The van der Waals surface area contributed by atoms with E-state index in [1.165, 1.54) is 11.4 Å². The molecule has 3 rings (SSSR count). The molecule has 0 aromatic heterocycles. The fourth-order valence-corrected chi connectivity index (χ4v) is 5.63. The van der Waals surface area contributed by atoms with E-state index < -0.39 is 16.1 Å². The van der Waals surface area contributed by atoms with E-state index in [2.05, 4.69) is 5.32 Å². The maximum Gasteiger partial charge on any atom is 0.243 e. The molecule has 3 aromatic rings. The molecule has 1 atom stereocenters. The quantitative estimate of drug-likeness (QED) is 0.279. The number of amides is 2. The van der Waals surface area contributed by atoms with Crippen molar-refractivity contribution in [2.75, 3.05) is 31.3 Å². The molecular weight excluding hydrogens is 554 g/mol. The molecule has 0 heterocycles. The molecule has 0 aliphatic rings. The molecule has 10 heteroatoms. The number of anilines is 1. The minimum atomic E-state index is -3.63. The average molecular weight is 596 g/mol. The van der Waals surface area contributed by atoms with E-state index in [0.717, 1.165) is 17.4 Å². The highest BCUT2D eigenvalue weighted by Crippen LogP contribution is 2.24. The number of carbonyl (C=O) groups is 2. The molecular formula is C32H41N3O6S. The van der Waals surface area contributed by atoms with Crippen LogP contribution in [0.4, 0.5) is 5.69 Å². The first-order valence-corrected chi connectivity index (χ1v) is 15.7. The Morgan fingerprint density at radius 2 is 1.48 bits per heavy atom. The van der Waals surface area contributed by atoms with Crippen LogP contribution >= 0.6 is 0 Å². The largest absolute Gasteiger partial charge is 0.497 e. The van der Waals surface area contributed by atoms with Crippen LogP contribution in [0.5, 0.6) is 11.5 Å². The average Bonchev–Trinajstić information content (AvgIpc) is 2.96. The van der Waals surface area contributed by atoms with Crippen molar-refractivity contribution in [2.24, 2.45) is 0 Å². The minimum absolute atomic E-state index is 0.0419. The summed E-state index contributed by atoms with van der Waals surface area (Å²) in [5, 5.41) is 2.98. The van der Waals surface area contributed by atoms with Crippen LogP contribution in [0.1, 0.15) is 37.8 Å². The monoisotopic (exact) mass is 595 g/mol. The minimum Gasteiger partial charge on any atom is -0.497 e. The molecule has 1 N–H and O–H groups in total. The van der Waals surface area contributed by atoms with Gasteiger partial charge in [-0.1, -0.05) is 48.5 Å². The first-order chi connectivity index (χ1) is 20.0. The van der Waals surface area contributed by atoms with Crippen molar-refractivity contribution in [2.45, 2.75) is 51.7 Å². The number of ether oxygens (including phenoxy) is 2. The summed E-state index contributed by atoms with van der Waals surface area (Å²) in [6, 6.07) is 22.9. The number of benzene rings is 3. The first kappa shape index (κ1) is 32.5. The molecule has 3 aromatic carbocycles. The topological polar surface area (TPSA) is 105 Å². The van der Waals surface area contributed by atoms with E-state index in [1.807, 2.05) is 68.4 Å². The molecule has 0 spiro atoms. The second-order valence-electron chi connectivity index (χ2n) is 10.4. The fourth-order valence-electron chi connectivity index (χ4n) is 4.67. The number of nitrogens with one attached hydrogen (secondary N) is 1. The van der Waals surface area contributed by atoms with E-state index in [1.54, 1.807) is 36.3 Å². The zero-order valence-electron chi connectivity index (χ0n) is 24.9. The van der Waals surface area contributed by atoms with E-state index in [0.29, 0.717) is 23.6 Å². The van der Waals surface area contributed by atoms with Gasteiger partial charge in [0.05, 0.1) is 26.2 Å². The van der Waals surface area contributed by atoms with Gasteiger partial charge in [-0.3, -0.25) is 13.9 Å². The molecule has 0 radical (unpaired) electrons. The van der Waals surface area contributed by atoms with Crippen LogP contribution < -0.4 is 19.1 Å². The summed E-state index contributed by atoms with van der Waals surface area (Å²) in [6.45, 7) is 4.03. The Hall–Kier alpha value is -4.05. The second kappa shape index (κ2) is 15.3. The summed E-state index contributed by atoms with van der Waals surface area (Å²) in [4.78, 5) is 29.1. The Morgan fingerprint density at radius 3 is 2.10 bits per heavy atom. The number of nitrogens with zero attached hydrogens (tertiary/aromatic N) is 2. The summed E-state index contributed by atoms with van der Waals surface area (Å²) in [6.07, 6.45) is 1.76. The number of sulfonamides is 1. The molecule has 0 aliphatic carbocycles. The normalized spacial score (nSPS) is 12.0. The summed E-state index contributed by atoms with van der Waals surface area (Å²) in [5.41, 5.74) is 2.19. The lowest BCUT2D eigenvalue weighted by molar-refractivity contribution is -0.141. The van der Waals surface area contributed by atoms with E-state index >= 15 is 0 Å². The summed E-state index contributed by atoms with van der Waals surface area (Å²) < 4.78 is 37.2. The molecule has 2 amide bonds. The lowest BCUT2D eigenvalue weighted by atomic mass is 10.0. The number of rotatable bonds is 15. The zero-order chi connectivity index (χ0) is 30.7. The SMILES string of the molecule is COc1cccc(CN(C(=O)CCCN(c2cccc(OC)c2)S(C)(=O)=O)C(Cc2ccccc2)C(=O)NC(C)C)c1. The number of methoxy groups -OCH3 is 2. The van der Waals surface area contributed by atoms with Crippen molar-refractivity contribution in [1.82, 2.24) is 10.2 Å². The van der Waals surface area contributed by atoms with Crippen LogP contribution in [0.3, 0.4) is 0 Å². The van der Waals surface area contributed by atoms with Crippen LogP contribution in [-0.4, -0.2) is 64.2 Å². The maximum absolute atomic E-state index is 13.9. The van der Waals surface area contributed by atoms with Gasteiger partial charge in [0.2, 0.25) is 21.8 Å². The molecule has 0 saturated heterocycles. The highest BCUT2D eigenvalue weighted by atomic mass is 32.2.